The van der Waals surface area contributed by atoms with Gasteiger partial charge in [-0.25, -0.2) is 4.98 Å². The number of hydrogen-bond donors (Lipinski definition) is 1. The molecule has 1 N–H and O–H groups in total. The van der Waals surface area contributed by atoms with Crippen molar-refractivity contribution in [3.63, 3.8) is 0 Å². The lowest BCUT2D eigenvalue weighted by Crippen LogP contribution is -2.33. The van der Waals surface area contributed by atoms with Gasteiger partial charge in [0.25, 0.3) is 0 Å². The molecule has 2 rings (SSSR count). The lowest BCUT2D eigenvalue weighted by atomic mass is 9.95. The Morgan fingerprint density at radius 1 is 1.53 bits per heavy atom. The molecule has 0 unspecified atom stereocenters. The highest BCUT2D eigenvalue weighted by atomic mass is 32.1. The zero-order valence-corrected chi connectivity index (χ0v) is 10.6. The Morgan fingerprint density at radius 2 is 2.20 bits per heavy atom. The minimum absolute atomic E-state index is 0.307. The molecule has 0 radical (unpaired) electrons. The topological polar surface area (TPSA) is 36.4 Å². The van der Waals surface area contributed by atoms with Crippen molar-refractivity contribution in [3.8, 4) is 0 Å². The Kier molecular flexibility index (Phi) is 2.51. The van der Waals surface area contributed by atoms with E-state index in [1.54, 1.807) is 11.3 Å². The first kappa shape index (κ1) is 10.9. The predicted octanol–water partition coefficient (Wildman–Crippen LogP) is 1.97. The van der Waals surface area contributed by atoms with Crippen LogP contribution < -0.4 is 4.90 Å². The van der Waals surface area contributed by atoms with E-state index >= 15 is 0 Å². The molecule has 84 valence electrons. The highest BCUT2D eigenvalue weighted by molar-refractivity contribution is 7.15. The van der Waals surface area contributed by atoms with E-state index in [9.17, 15) is 5.11 Å². The second kappa shape index (κ2) is 3.46. The van der Waals surface area contributed by atoms with Gasteiger partial charge in [0.05, 0.1) is 11.3 Å². The van der Waals surface area contributed by atoms with Crippen LogP contribution in [0.15, 0.2) is 0 Å². The van der Waals surface area contributed by atoms with Gasteiger partial charge in [-0.05, 0) is 20.8 Å². The van der Waals surface area contributed by atoms with E-state index in [1.165, 1.54) is 4.88 Å². The van der Waals surface area contributed by atoms with Crippen molar-refractivity contribution in [1.29, 1.82) is 0 Å². The molecule has 0 aromatic carbocycles. The summed E-state index contributed by atoms with van der Waals surface area (Å²) in [4.78, 5) is 7.98. The molecule has 2 heterocycles. The summed E-state index contributed by atoms with van der Waals surface area (Å²) in [7, 11) is 0. The van der Waals surface area contributed by atoms with Gasteiger partial charge in [-0.3, -0.25) is 0 Å². The molecule has 1 aliphatic rings. The third kappa shape index (κ3) is 1.88. The van der Waals surface area contributed by atoms with E-state index in [2.05, 4.69) is 23.7 Å². The molecule has 4 heteroatoms. The number of aliphatic hydroxyl groups is 1. The fourth-order valence-corrected chi connectivity index (χ4v) is 2.79. The minimum atomic E-state index is -0.576. The van der Waals surface area contributed by atoms with Crippen molar-refractivity contribution in [2.75, 3.05) is 18.0 Å². The third-order valence-electron chi connectivity index (χ3n) is 3.35. The van der Waals surface area contributed by atoms with Crippen molar-refractivity contribution in [1.82, 2.24) is 4.98 Å². The van der Waals surface area contributed by atoms with Crippen LogP contribution in [-0.2, 0) is 0 Å². The Hall–Kier alpha value is -0.610. The molecule has 1 fully saturated rings. The molecule has 2 atom stereocenters. The van der Waals surface area contributed by atoms with Crippen LogP contribution in [0.3, 0.4) is 0 Å². The summed E-state index contributed by atoms with van der Waals surface area (Å²) in [6, 6.07) is 0. The molecule has 1 saturated heterocycles. The molecule has 1 aliphatic heterocycles. The maximum Gasteiger partial charge on any atom is 0.185 e. The second-order valence-electron chi connectivity index (χ2n) is 4.78. The molecule has 15 heavy (non-hydrogen) atoms. The summed E-state index contributed by atoms with van der Waals surface area (Å²) in [5.41, 5.74) is 0.530. The number of rotatable bonds is 1. The van der Waals surface area contributed by atoms with Crippen molar-refractivity contribution < 1.29 is 5.11 Å². The molecular formula is C11H18N2OS. The summed E-state index contributed by atoms with van der Waals surface area (Å²) >= 11 is 1.72. The zero-order chi connectivity index (χ0) is 11.2. The van der Waals surface area contributed by atoms with Crippen LogP contribution >= 0.6 is 11.3 Å². The summed E-state index contributed by atoms with van der Waals surface area (Å²) in [6.45, 7) is 9.72. The van der Waals surface area contributed by atoms with E-state index < -0.39 is 5.60 Å². The Balaban J connectivity index is 2.21. The molecule has 0 amide bonds. The van der Waals surface area contributed by atoms with Crippen LogP contribution in [0.2, 0.25) is 0 Å². The second-order valence-corrected chi connectivity index (χ2v) is 5.96. The maximum atomic E-state index is 10.1. The highest BCUT2D eigenvalue weighted by Crippen LogP contribution is 2.33. The average Bonchev–Trinajstić information content (AvgIpc) is 2.57. The van der Waals surface area contributed by atoms with Crippen LogP contribution in [0.1, 0.15) is 24.4 Å². The molecule has 0 aliphatic carbocycles. The summed E-state index contributed by atoms with van der Waals surface area (Å²) in [5, 5.41) is 11.2. The van der Waals surface area contributed by atoms with Gasteiger partial charge >= 0.3 is 0 Å². The Morgan fingerprint density at radius 3 is 2.60 bits per heavy atom. The molecule has 0 spiro atoms. The number of β-amino-alcohol motifs (C(OH)–C–C–N with tert-alkyl or cyclic N) is 1. The van der Waals surface area contributed by atoms with Gasteiger partial charge in [0.2, 0.25) is 0 Å². The summed E-state index contributed by atoms with van der Waals surface area (Å²) in [6.07, 6.45) is 0. The SMILES string of the molecule is Cc1nc(N2C[C@@H](C)[C@@](C)(O)C2)sc1C. The molecule has 0 saturated carbocycles. The van der Waals surface area contributed by atoms with Gasteiger partial charge in [-0.15, -0.1) is 11.3 Å². The van der Waals surface area contributed by atoms with Crippen LogP contribution in [0.5, 0.6) is 0 Å². The summed E-state index contributed by atoms with van der Waals surface area (Å²) in [5.74, 6) is 0.307. The molecule has 1 aromatic rings. The first-order valence-corrected chi connectivity index (χ1v) is 6.13. The van der Waals surface area contributed by atoms with Crippen molar-refractivity contribution in [2.24, 2.45) is 5.92 Å². The van der Waals surface area contributed by atoms with E-state index in [0.29, 0.717) is 12.5 Å². The summed E-state index contributed by atoms with van der Waals surface area (Å²) < 4.78 is 0. The minimum Gasteiger partial charge on any atom is -0.388 e. The number of aryl methyl sites for hydroxylation is 2. The highest BCUT2D eigenvalue weighted by Gasteiger charge is 2.39. The quantitative estimate of drug-likeness (QED) is 0.795. The Labute approximate surface area is 94.8 Å². The van der Waals surface area contributed by atoms with Crippen LogP contribution in [0, 0.1) is 19.8 Å². The number of thiazole rings is 1. The normalized spacial score (nSPS) is 31.3. The number of hydrogen-bond acceptors (Lipinski definition) is 4. The monoisotopic (exact) mass is 226 g/mol. The fourth-order valence-electron chi connectivity index (χ4n) is 1.87. The number of aromatic nitrogens is 1. The lowest BCUT2D eigenvalue weighted by molar-refractivity contribution is 0.0443. The van der Waals surface area contributed by atoms with Crippen LogP contribution in [0.4, 0.5) is 5.13 Å². The van der Waals surface area contributed by atoms with Gasteiger partial charge in [0.15, 0.2) is 5.13 Å². The maximum absolute atomic E-state index is 10.1. The fraction of sp³-hybridized carbons (Fsp3) is 0.727. The lowest BCUT2D eigenvalue weighted by Gasteiger charge is -2.20. The molecule has 0 bridgehead atoms. The van der Waals surface area contributed by atoms with Gasteiger partial charge in [0, 0.05) is 23.9 Å². The third-order valence-corrected chi connectivity index (χ3v) is 4.49. The van der Waals surface area contributed by atoms with Crippen LogP contribution in [0.25, 0.3) is 0 Å². The van der Waals surface area contributed by atoms with Crippen LogP contribution in [-0.4, -0.2) is 28.8 Å². The average molecular weight is 226 g/mol. The smallest absolute Gasteiger partial charge is 0.185 e. The number of nitrogens with zero attached hydrogens (tertiary/aromatic N) is 2. The van der Waals surface area contributed by atoms with Gasteiger partial charge in [-0.1, -0.05) is 6.92 Å². The first-order valence-electron chi connectivity index (χ1n) is 5.31. The largest absolute Gasteiger partial charge is 0.388 e. The standard InChI is InChI=1S/C11H18N2OS/c1-7-5-13(6-11(7,4)14)10-12-8(2)9(3)15-10/h7,14H,5-6H2,1-4H3/t7-,11+/m1/s1. The van der Waals surface area contributed by atoms with E-state index in [4.69, 9.17) is 0 Å². The van der Waals surface area contributed by atoms with Crippen molar-refractivity contribution in [3.05, 3.63) is 10.6 Å². The van der Waals surface area contributed by atoms with E-state index in [1.807, 2.05) is 13.8 Å². The molecular weight excluding hydrogens is 208 g/mol. The van der Waals surface area contributed by atoms with Gasteiger partial charge < -0.3 is 10.0 Å². The zero-order valence-electron chi connectivity index (χ0n) is 9.74. The molecule has 3 nitrogen and oxygen atoms in total. The van der Waals surface area contributed by atoms with E-state index in [0.717, 1.165) is 17.4 Å². The van der Waals surface area contributed by atoms with Gasteiger partial charge in [0.1, 0.15) is 0 Å². The number of anilines is 1. The van der Waals surface area contributed by atoms with E-state index in [-0.39, 0.29) is 0 Å². The first-order chi connectivity index (χ1) is 6.90. The Bertz CT molecular complexity index is 353. The predicted molar refractivity (Wildman–Crippen MR) is 63.6 cm³/mol. The van der Waals surface area contributed by atoms with Crippen molar-refractivity contribution in [2.45, 2.75) is 33.3 Å². The van der Waals surface area contributed by atoms with Crippen molar-refractivity contribution >= 4 is 16.5 Å². The van der Waals surface area contributed by atoms with Gasteiger partial charge in [-0.2, -0.15) is 0 Å². The molecule has 1 aromatic heterocycles.